The number of hydrogen-bond acceptors (Lipinski definition) is 5. The summed E-state index contributed by atoms with van der Waals surface area (Å²) in [7, 11) is 1.48. The Morgan fingerprint density at radius 3 is 2.80 bits per heavy atom. The van der Waals surface area contributed by atoms with E-state index < -0.39 is 11.4 Å². The van der Waals surface area contributed by atoms with Gasteiger partial charge in [0.05, 0.1) is 6.61 Å². The standard InChI is InChI=1S/C18H20N2O4S/c1-24-12-18(17(22)23)8-5-9-20(11-18)16(21)14-10-25-15(19-14)13-6-3-2-4-7-13/h2-4,6-7,10H,5,8-9,11-12H2,1H3,(H,22,23). The highest BCUT2D eigenvalue weighted by atomic mass is 32.1. The molecule has 2 aromatic rings. The second kappa shape index (κ2) is 7.33. The number of carboxylic acid groups (broad SMARTS) is 1. The van der Waals surface area contributed by atoms with Gasteiger partial charge in [0.25, 0.3) is 5.91 Å². The fourth-order valence-corrected chi connectivity index (χ4v) is 3.98. The SMILES string of the molecule is COCC1(C(=O)O)CCCN(C(=O)c2csc(-c3ccccc3)n2)C1. The summed E-state index contributed by atoms with van der Waals surface area (Å²) in [6, 6.07) is 9.67. The molecule has 0 spiro atoms. The van der Waals surface area contributed by atoms with Gasteiger partial charge < -0.3 is 14.7 Å². The molecular formula is C18H20N2O4S. The van der Waals surface area contributed by atoms with E-state index in [0.717, 1.165) is 10.6 Å². The van der Waals surface area contributed by atoms with Gasteiger partial charge in [-0.15, -0.1) is 11.3 Å². The first kappa shape index (κ1) is 17.6. The Bertz CT molecular complexity index is 757. The lowest BCUT2D eigenvalue weighted by atomic mass is 9.80. The molecule has 132 valence electrons. The Labute approximate surface area is 150 Å². The first-order chi connectivity index (χ1) is 12.1. The van der Waals surface area contributed by atoms with Crippen LogP contribution in [-0.4, -0.2) is 53.7 Å². The molecule has 3 rings (SSSR count). The van der Waals surface area contributed by atoms with E-state index >= 15 is 0 Å². The van der Waals surface area contributed by atoms with E-state index in [9.17, 15) is 14.7 Å². The average Bonchev–Trinajstić information content (AvgIpc) is 3.12. The van der Waals surface area contributed by atoms with Crippen LogP contribution in [0, 0.1) is 5.41 Å². The Hall–Kier alpha value is -2.25. The summed E-state index contributed by atoms with van der Waals surface area (Å²) in [5.74, 6) is -1.14. The molecule has 1 aromatic heterocycles. The smallest absolute Gasteiger partial charge is 0.313 e. The highest BCUT2D eigenvalue weighted by molar-refractivity contribution is 7.13. The van der Waals surface area contributed by atoms with E-state index in [2.05, 4.69) is 4.98 Å². The molecule has 0 aliphatic carbocycles. The van der Waals surface area contributed by atoms with Gasteiger partial charge in [0, 0.05) is 31.1 Å². The summed E-state index contributed by atoms with van der Waals surface area (Å²) in [6.07, 6.45) is 1.14. The van der Waals surface area contributed by atoms with Crippen molar-refractivity contribution in [1.82, 2.24) is 9.88 Å². The van der Waals surface area contributed by atoms with E-state index in [1.165, 1.54) is 18.4 Å². The van der Waals surface area contributed by atoms with Crippen molar-refractivity contribution in [3.8, 4) is 10.6 Å². The summed E-state index contributed by atoms with van der Waals surface area (Å²) < 4.78 is 5.11. The minimum atomic E-state index is -1.04. The fraction of sp³-hybridized carbons (Fsp3) is 0.389. The molecule has 7 heteroatoms. The van der Waals surface area contributed by atoms with Gasteiger partial charge >= 0.3 is 5.97 Å². The third-order valence-electron chi connectivity index (χ3n) is 4.48. The van der Waals surface area contributed by atoms with E-state index in [-0.39, 0.29) is 19.1 Å². The molecule has 1 unspecified atom stereocenters. The summed E-state index contributed by atoms with van der Waals surface area (Å²) in [5, 5.41) is 12.1. The second-order valence-electron chi connectivity index (χ2n) is 6.25. The fourth-order valence-electron chi connectivity index (χ4n) is 3.18. The Kier molecular flexibility index (Phi) is 5.15. The van der Waals surface area contributed by atoms with Gasteiger partial charge in [0.15, 0.2) is 0 Å². The summed E-state index contributed by atoms with van der Waals surface area (Å²) in [5.41, 5.74) is 0.285. The van der Waals surface area contributed by atoms with E-state index in [4.69, 9.17) is 4.74 Å². The minimum absolute atomic E-state index is 0.0957. The number of aromatic nitrogens is 1. The topological polar surface area (TPSA) is 79.7 Å². The van der Waals surface area contributed by atoms with Gasteiger partial charge in [0.1, 0.15) is 16.1 Å². The molecule has 1 aliphatic heterocycles. The zero-order chi connectivity index (χ0) is 17.9. The summed E-state index contributed by atoms with van der Waals surface area (Å²) in [4.78, 5) is 30.6. The molecule has 1 aliphatic rings. The Morgan fingerprint density at radius 2 is 2.12 bits per heavy atom. The number of methoxy groups -OCH3 is 1. The molecule has 1 fully saturated rings. The number of thiazole rings is 1. The lowest BCUT2D eigenvalue weighted by molar-refractivity contribution is -0.155. The van der Waals surface area contributed by atoms with Crippen molar-refractivity contribution in [2.75, 3.05) is 26.8 Å². The Balaban J connectivity index is 1.79. The van der Waals surface area contributed by atoms with Crippen molar-refractivity contribution >= 4 is 23.2 Å². The number of piperidine rings is 1. The predicted molar refractivity (Wildman–Crippen MR) is 94.6 cm³/mol. The second-order valence-corrected chi connectivity index (χ2v) is 7.11. The van der Waals surface area contributed by atoms with Crippen molar-refractivity contribution < 1.29 is 19.4 Å². The van der Waals surface area contributed by atoms with Crippen molar-refractivity contribution in [2.24, 2.45) is 5.41 Å². The third-order valence-corrected chi connectivity index (χ3v) is 5.37. The van der Waals surface area contributed by atoms with Crippen molar-refractivity contribution in [3.63, 3.8) is 0 Å². The normalized spacial score (nSPS) is 20.4. The maximum Gasteiger partial charge on any atom is 0.313 e. The number of ether oxygens (including phenoxy) is 1. The molecule has 0 bridgehead atoms. The molecular weight excluding hydrogens is 340 g/mol. The molecule has 0 saturated carbocycles. The van der Waals surface area contributed by atoms with Gasteiger partial charge in [-0.05, 0) is 12.8 Å². The number of nitrogens with zero attached hydrogens (tertiary/aromatic N) is 2. The molecule has 1 N–H and O–H groups in total. The van der Waals surface area contributed by atoms with Gasteiger partial charge in [-0.3, -0.25) is 9.59 Å². The lowest BCUT2D eigenvalue weighted by Crippen LogP contribution is -2.52. The molecule has 25 heavy (non-hydrogen) atoms. The number of benzene rings is 1. The van der Waals surface area contributed by atoms with Crippen molar-refractivity contribution in [3.05, 3.63) is 41.4 Å². The number of rotatable bonds is 5. The predicted octanol–water partition coefficient (Wildman–Crippen LogP) is 2.76. The highest BCUT2D eigenvalue weighted by Crippen LogP contribution is 2.32. The maximum atomic E-state index is 12.8. The van der Waals surface area contributed by atoms with Gasteiger partial charge in [0.2, 0.25) is 0 Å². The van der Waals surface area contributed by atoms with Crippen LogP contribution in [0.15, 0.2) is 35.7 Å². The van der Waals surface area contributed by atoms with Crippen LogP contribution in [0.4, 0.5) is 0 Å². The largest absolute Gasteiger partial charge is 0.481 e. The quantitative estimate of drug-likeness (QED) is 0.887. The zero-order valence-corrected chi connectivity index (χ0v) is 14.8. The molecule has 1 amide bonds. The lowest BCUT2D eigenvalue weighted by Gasteiger charge is -2.39. The van der Waals surface area contributed by atoms with Crippen LogP contribution >= 0.6 is 11.3 Å². The minimum Gasteiger partial charge on any atom is -0.481 e. The van der Waals surface area contributed by atoms with E-state index in [1.54, 1.807) is 10.3 Å². The number of carbonyl (C=O) groups excluding carboxylic acids is 1. The summed E-state index contributed by atoms with van der Waals surface area (Å²) >= 11 is 1.41. The number of hydrogen-bond donors (Lipinski definition) is 1. The number of amides is 1. The van der Waals surface area contributed by atoms with Gasteiger partial charge in [-0.2, -0.15) is 0 Å². The number of aliphatic carboxylic acids is 1. The summed E-state index contributed by atoms with van der Waals surface area (Å²) in [6.45, 7) is 0.779. The van der Waals surface area contributed by atoms with Crippen LogP contribution in [0.2, 0.25) is 0 Å². The number of likely N-dealkylation sites (tertiary alicyclic amines) is 1. The molecule has 1 atom stereocenters. The van der Waals surface area contributed by atoms with Crippen LogP contribution in [0.1, 0.15) is 23.3 Å². The number of carbonyl (C=O) groups is 2. The third kappa shape index (κ3) is 3.57. The van der Waals surface area contributed by atoms with Crippen molar-refractivity contribution in [2.45, 2.75) is 12.8 Å². The first-order valence-electron chi connectivity index (χ1n) is 8.08. The number of carboxylic acids is 1. The van der Waals surface area contributed by atoms with Crippen LogP contribution < -0.4 is 0 Å². The molecule has 2 heterocycles. The Morgan fingerprint density at radius 1 is 1.36 bits per heavy atom. The van der Waals surface area contributed by atoms with Crippen LogP contribution in [0.25, 0.3) is 10.6 Å². The molecule has 6 nitrogen and oxygen atoms in total. The van der Waals surface area contributed by atoms with Gasteiger partial charge in [-0.1, -0.05) is 30.3 Å². The highest BCUT2D eigenvalue weighted by Gasteiger charge is 2.44. The van der Waals surface area contributed by atoms with Crippen molar-refractivity contribution in [1.29, 1.82) is 0 Å². The van der Waals surface area contributed by atoms with Crippen LogP contribution in [-0.2, 0) is 9.53 Å². The zero-order valence-electron chi connectivity index (χ0n) is 14.0. The van der Waals surface area contributed by atoms with Crippen LogP contribution in [0.3, 0.4) is 0 Å². The molecule has 0 radical (unpaired) electrons. The van der Waals surface area contributed by atoms with Crippen LogP contribution in [0.5, 0.6) is 0 Å². The van der Waals surface area contributed by atoms with E-state index in [1.807, 2.05) is 30.3 Å². The molecule has 1 saturated heterocycles. The molecule has 1 aromatic carbocycles. The average molecular weight is 360 g/mol. The monoisotopic (exact) mass is 360 g/mol. The van der Waals surface area contributed by atoms with E-state index in [0.29, 0.717) is 25.1 Å². The maximum absolute atomic E-state index is 12.8. The first-order valence-corrected chi connectivity index (χ1v) is 8.96. The van der Waals surface area contributed by atoms with Gasteiger partial charge in [-0.25, -0.2) is 4.98 Å².